The van der Waals surface area contributed by atoms with E-state index in [4.69, 9.17) is 0 Å². The Labute approximate surface area is 170 Å². The van der Waals surface area contributed by atoms with E-state index in [0.717, 1.165) is 31.7 Å². The molecule has 1 aromatic heterocycles. The topological polar surface area (TPSA) is 70.5 Å². The number of aromatic nitrogens is 1. The molecule has 0 aliphatic carbocycles. The Balaban J connectivity index is 1.62. The van der Waals surface area contributed by atoms with Crippen LogP contribution in [0.2, 0.25) is 0 Å². The van der Waals surface area contributed by atoms with Gasteiger partial charge in [0.05, 0.1) is 12.5 Å². The van der Waals surface area contributed by atoms with E-state index < -0.39 is 11.9 Å². The Morgan fingerprint density at radius 2 is 1.79 bits per heavy atom. The molecule has 0 radical (unpaired) electrons. The molecule has 4 rings (SSSR count). The van der Waals surface area contributed by atoms with Gasteiger partial charge in [0, 0.05) is 37.2 Å². The van der Waals surface area contributed by atoms with Crippen LogP contribution in [0, 0.1) is 5.92 Å². The average Bonchev–Trinajstić information content (AvgIpc) is 2.79. The van der Waals surface area contributed by atoms with Gasteiger partial charge in [-0.15, -0.1) is 5.01 Å². The number of rotatable bonds is 4. The molecule has 29 heavy (non-hydrogen) atoms. The maximum absolute atomic E-state index is 11.5. The molecular formula is C23H26N3O3+. The molecule has 3 heterocycles. The van der Waals surface area contributed by atoms with Gasteiger partial charge in [0.25, 0.3) is 0 Å². The lowest BCUT2D eigenvalue weighted by Gasteiger charge is -2.49. The van der Waals surface area contributed by atoms with Crippen LogP contribution in [-0.4, -0.2) is 53.2 Å². The molecule has 2 fully saturated rings. The standard InChI is InChI=1S/C23H25N3O3/c27-17-20-16-25(13-9-21(20)23(28)29)26(22-8-4-5-12-24-22)14-10-19(11-15-26)18-6-2-1-3-7-18/h1-8,12,19,21H,9-11,13-16H2/p+1. The highest BCUT2D eigenvalue weighted by Gasteiger charge is 2.46. The minimum atomic E-state index is -0.935. The quantitative estimate of drug-likeness (QED) is 0.640. The molecule has 2 aromatic rings. The summed E-state index contributed by atoms with van der Waals surface area (Å²) >= 11 is 0. The first-order valence-corrected chi connectivity index (χ1v) is 10.2. The van der Waals surface area contributed by atoms with Crippen LogP contribution < -0.4 is 4.59 Å². The predicted octanol–water partition coefficient (Wildman–Crippen LogP) is 3.05. The maximum atomic E-state index is 11.5. The average molecular weight is 392 g/mol. The van der Waals surface area contributed by atoms with Crippen LogP contribution in [-0.2, 0) is 9.59 Å². The second-order valence-electron chi connectivity index (χ2n) is 7.94. The first kappa shape index (κ1) is 19.5. The van der Waals surface area contributed by atoms with Crippen LogP contribution in [0.3, 0.4) is 0 Å². The second kappa shape index (κ2) is 8.29. The Morgan fingerprint density at radius 3 is 2.41 bits per heavy atom. The molecule has 150 valence electrons. The number of aliphatic carboxylic acids is 1. The molecule has 1 atom stereocenters. The van der Waals surface area contributed by atoms with Gasteiger partial charge in [-0.25, -0.2) is 9.78 Å². The lowest BCUT2D eigenvalue weighted by atomic mass is 9.88. The molecule has 1 aromatic carbocycles. The van der Waals surface area contributed by atoms with Crippen molar-refractivity contribution in [1.82, 2.24) is 14.6 Å². The highest BCUT2D eigenvalue weighted by Crippen LogP contribution is 2.38. The zero-order chi connectivity index (χ0) is 20.3. The van der Waals surface area contributed by atoms with E-state index in [2.05, 4.69) is 34.3 Å². The van der Waals surface area contributed by atoms with Crippen molar-refractivity contribution in [3.05, 3.63) is 65.9 Å². The van der Waals surface area contributed by atoms with Crippen molar-refractivity contribution in [2.45, 2.75) is 25.2 Å². The normalized spacial score (nSPS) is 27.9. The van der Waals surface area contributed by atoms with Crippen LogP contribution in [0.5, 0.6) is 0 Å². The van der Waals surface area contributed by atoms with Gasteiger partial charge in [-0.3, -0.25) is 4.79 Å². The van der Waals surface area contributed by atoms with Crippen molar-refractivity contribution in [1.29, 1.82) is 0 Å². The summed E-state index contributed by atoms with van der Waals surface area (Å²) < 4.78 is 0.571. The predicted molar refractivity (Wildman–Crippen MR) is 111 cm³/mol. The Morgan fingerprint density at radius 1 is 1.07 bits per heavy atom. The number of piperidine rings is 2. The third-order valence-electron chi connectivity index (χ3n) is 6.46. The number of carboxylic acids is 1. The number of carbonyl (C=O) groups is 1. The van der Waals surface area contributed by atoms with E-state index in [1.807, 2.05) is 30.2 Å². The number of nitrogens with zero attached hydrogens (tertiary/aromatic N) is 3. The summed E-state index contributed by atoms with van der Waals surface area (Å²) in [6.45, 7) is 2.70. The van der Waals surface area contributed by atoms with Crippen molar-refractivity contribution in [3.63, 3.8) is 0 Å². The molecular weight excluding hydrogens is 366 g/mol. The van der Waals surface area contributed by atoms with E-state index in [9.17, 15) is 14.7 Å². The number of quaternary nitrogens is 1. The summed E-state index contributed by atoms with van der Waals surface area (Å²) in [5.74, 6) is 1.72. The third-order valence-corrected chi connectivity index (χ3v) is 6.46. The Kier molecular flexibility index (Phi) is 5.58. The molecule has 0 spiro atoms. The van der Waals surface area contributed by atoms with E-state index in [1.54, 1.807) is 6.20 Å². The molecule has 1 unspecified atom stereocenters. The minimum absolute atomic E-state index is 0.326. The van der Waals surface area contributed by atoms with E-state index in [0.29, 0.717) is 35.6 Å². The van der Waals surface area contributed by atoms with Gasteiger partial charge in [0.15, 0.2) is 0 Å². The van der Waals surface area contributed by atoms with Gasteiger partial charge >= 0.3 is 5.97 Å². The zero-order valence-corrected chi connectivity index (χ0v) is 16.4. The molecule has 0 amide bonds. The van der Waals surface area contributed by atoms with Crippen molar-refractivity contribution in [2.75, 3.05) is 26.2 Å². The van der Waals surface area contributed by atoms with Crippen LogP contribution >= 0.6 is 0 Å². The number of pyridine rings is 1. The summed E-state index contributed by atoms with van der Waals surface area (Å²) in [5.41, 5.74) is 1.70. The van der Waals surface area contributed by atoms with Gasteiger partial charge in [-0.1, -0.05) is 36.4 Å². The number of benzene rings is 1. The van der Waals surface area contributed by atoms with Crippen LogP contribution in [0.4, 0.5) is 5.82 Å². The number of carbonyl (C=O) groups excluding carboxylic acids is 1. The second-order valence-corrected chi connectivity index (χ2v) is 7.94. The molecule has 2 aliphatic heterocycles. The minimum Gasteiger partial charge on any atom is -0.481 e. The lowest BCUT2D eigenvalue weighted by molar-refractivity contribution is -0.142. The fraction of sp³-hybridized carbons (Fsp3) is 0.391. The fourth-order valence-corrected chi connectivity index (χ4v) is 4.85. The molecule has 1 N–H and O–H groups in total. The molecule has 6 nitrogen and oxygen atoms in total. The first-order valence-electron chi connectivity index (χ1n) is 10.2. The highest BCUT2D eigenvalue weighted by atomic mass is 16.4. The Hall–Kier alpha value is -2.79. The van der Waals surface area contributed by atoms with E-state index in [1.165, 1.54) is 5.56 Å². The van der Waals surface area contributed by atoms with Gasteiger partial charge < -0.3 is 5.11 Å². The van der Waals surface area contributed by atoms with E-state index >= 15 is 0 Å². The van der Waals surface area contributed by atoms with Crippen LogP contribution in [0.1, 0.15) is 30.7 Å². The summed E-state index contributed by atoms with van der Waals surface area (Å²) in [6.07, 6.45) is 4.26. The first-order chi connectivity index (χ1) is 14.1. The Bertz CT molecular complexity index is 901. The maximum Gasteiger partial charge on any atom is 0.311 e. The van der Waals surface area contributed by atoms with Gasteiger partial charge in [-0.2, -0.15) is 4.59 Å². The molecule has 0 saturated carbocycles. The zero-order valence-electron chi connectivity index (χ0n) is 16.4. The molecule has 2 saturated heterocycles. The van der Waals surface area contributed by atoms with Gasteiger partial charge in [0.1, 0.15) is 19.0 Å². The number of hydrogen-bond donors (Lipinski definition) is 1. The van der Waals surface area contributed by atoms with Gasteiger partial charge in [-0.05, 0) is 24.0 Å². The van der Waals surface area contributed by atoms with Crippen molar-refractivity contribution in [3.8, 4) is 0 Å². The SMILES string of the molecule is O=C=C1CN([N+]2(c3ccccn3)CCC(c3ccccc3)CC2)CCC1C(=O)O. The van der Waals surface area contributed by atoms with E-state index in [-0.39, 0.29) is 0 Å². The fourth-order valence-electron chi connectivity index (χ4n) is 4.85. The summed E-state index contributed by atoms with van der Waals surface area (Å²) in [4.78, 5) is 27.7. The smallest absolute Gasteiger partial charge is 0.311 e. The molecule has 0 bridgehead atoms. The number of carboxylic acid groups (broad SMARTS) is 1. The molecule has 2 aliphatic rings. The van der Waals surface area contributed by atoms with Crippen molar-refractivity contribution < 1.29 is 14.7 Å². The highest BCUT2D eigenvalue weighted by molar-refractivity contribution is 5.78. The van der Waals surface area contributed by atoms with Crippen molar-refractivity contribution in [2.24, 2.45) is 5.92 Å². The van der Waals surface area contributed by atoms with Crippen LogP contribution in [0.15, 0.2) is 60.3 Å². The lowest BCUT2D eigenvalue weighted by Crippen LogP contribution is -2.67. The summed E-state index contributed by atoms with van der Waals surface area (Å²) in [6, 6.07) is 16.5. The summed E-state index contributed by atoms with van der Waals surface area (Å²) in [5, 5.41) is 11.7. The number of hydrogen-bond acceptors (Lipinski definition) is 4. The van der Waals surface area contributed by atoms with Crippen molar-refractivity contribution >= 4 is 17.7 Å². The van der Waals surface area contributed by atoms with Gasteiger partial charge in [0.2, 0.25) is 5.82 Å². The third kappa shape index (κ3) is 3.75. The monoisotopic (exact) mass is 392 g/mol. The summed E-state index contributed by atoms with van der Waals surface area (Å²) in [7, 11) is 0. The van der Waals surface area contributed by atoms with Crippen LogP contribution in [0.25, 0.3) is 0 Å². The molecule has 6 heteroatoms. The largest absolute Gasteiger partial charge is 0.481 e.